The highest BCUT2D eigenvalue weighted by Gasteiger charge is 2.36. The van der Waals surface area contributed by atoms with Crippen LogP contribution in [0.1, 0.15) is 37.0 Å². The summed E-state index contributed by atoms with van der Waals surface area (Å²) in [5.41, 5.74) is -0.289. The Bertz CT molecular complexity index is 718. The second-order valence-corrected chi connectivity index (χ2v) is 6.82. The van der Waals surface area contributed by atoms with E-state index in [1.54, 1.807) is 6.07 Å². The van der Waals surface area contributed by atoms with E-state index in [1.165, 1.54) is 0 Å². The summed E-state index contributed by atoms with van der Waals surface area (Å²) >= 11 is 0. The van der Waals surface area contributed by atoms with Gasteiger partial charge < -0.3 is 15.2 Å². The van der Waals surface area contributed by atoms with Crippen LogP contribution in [0.4, 0.5) is 0 Å². The van der Waals surface area contributed by atoms with Crippen LogP contribution in [-0.2, 0) is 4.74 Å². The maximum absolute atomic E-state index is 12.6. The molecule has 3 N–H and O–H groups in total. The van der Waals surface area contributed by atoms with Gasteiger partial charge in [-0.3, -0.25) is 0 Å². The number of hydrogen-bond donors (Lipinski definition) is 2. The normalized spacial score (nSPS) is 16.4. The van der Waals surface area contributed by atoms with Gasteiger partial charge >= 0.3 is 5.97 Å². The molecule has 1 heterocycles. The lowest BCUT2D eigenvalue weighted by Gasteiger charge is -2.35. The predicted molar refractivity (Wildman–Crippen MR) is 89.5 cm³/mol. The number of esters is 1. The number of ether oxygens (including phenoxy) is 1. The van der Waals surface area contributed by atoms with Gasteiger partial charge in [-0.15, -0.1) is 0 Å². The number of fused-ring (bicyclic) bond motifs is 1. The van der Waals surface area contributed by atoms with Crippen LogP contribution < -0.4 is 5.32 Å². The summed E-state index contributed by atoms with van der Waals surface area (Å²) in [6, 6.07) is 11.0. The summed E-state index contributed by atoms with van der Waals surface area (Å²) in [6.07, 6.45) is 2.09. The van der Waals surface area contributed by atoms with E-state index in [-0.39, 0.29) is 11.3 Å². The zero-order valence-electron chi connectivity index (χ0n) is 13.7. The highest BCUT2D eigenvalue weighted by atomic mass is 16.6. The predicted octanol–water partition coefficient (Wildman–Crippen LogP) is 2.45. The summed E-state index contributed by atoms with van der Waals surface area (Å²) in [4.78, 5) is 12.6. The smallest absolute Gasteiger partial charge is 0.342 e. The lowest BCUT2D eigenvalue weighted by atomic mass is 9.83. The van der Waals surface area contributed by atoms with Crippen molar-refractivity contribution in [1.29, 1.82) is 0 Å². The maximum Gasteiger partial charge on any atom is 0.342 e. The lowest BCUT2D eigenvalue weighted by molar-refractivity contribution is -0.665. The number of phenols is 1. The van der Waals surface area contributed by atoms with Crippen molar-refractivity contribution < 1.29 is 20.0 Å². The van der Waals surface area contributed by atoms with Crippen LogP contribution in [0.3, 0.4) is 0 Å². The molecular formula is C19H24NO3+. The van der Waals surface area contributed by atoms with E-state index in [0.29, 0.717) is 11.3 Å². The van der Waals surface area contributed by atoms with Crippen LogP contribution in [0.25, 0.3) is 10.8 Å². The monoisotopic (exact) mass is 314 g/mol. The Kier molecular flexibility index (Phi) is 4.26. The summed E-state index contributed by atoms with van der Waals surface area (Å²) < 4.78 is 5.78. The van der Waals surface area contributed by atoms with Crippen LogP contribution in [-0.4, -0.2) is 29.8 Å². The first-order valence-corrected chi connectivity index (χ1v) is 8.25. The number of carbonyl (C=O) groups is 1. The fourth-order valence-corrected chi connectivity index (χ4v) is 3.42. The molecule has 122 valence electrons. The summed E-state index contributed by atoms with van der Waals surface area (Å²) in [7, 11) is 0. The van der Waals surface area contributed by atoms with Crippen molar-refractivity contribution in [1.82, 2.24) is 0 Å². The first-order valence-electron chi connectivity index (χ1n) is 8.25. The molecule has 1 aliphatic rings. The zero-order valence-corrected chi connectivity index (χ0v) is 13.7. The van der Waals surface area contributed by atoms with Crippen LogP contribution in [0.15, 0.2) is 36.4 Å². The third-order valence-electron chi connectivity index (χ3n) is 4.90. The molecule has 0 unspecified atom stereocenters. The topological polar surface area (TPSA) is 63.1 Å². The molecule has 0 atom stereocenters. The second-order valence-electron chi connectivity index (χ2n) is 6.82. The first-order chi connectivity index (χ1) is 11.0. The number of carbonyl (C=O) groups excluding carboxylic acids is 1. The molecule has 1 aliphatic heterocycles. The van der Waals surface area contributed by atoms with Crippen molar-refractivity contribution in [3.63, 3.8) is 0 Å². The van der Waals surface area contributed by atoms with Gasteiger partial charge in [-0.1, -0.05) is 30.3 Å². The number of rotatable bonds is 3. The molecule has 1 fully saturated rings. The molecule has 0 amide bonds. The van der Waals surface area contributed by atoms with Gasteiger partial charge in [0.1, 0.15) is 16.9 Å². The highest BCUT2D eigenvalue weighted by molar-refractivity contribution is 6.01. The van der Waals surface area contributed by atoms with Gasteiger partial charge in [0.2, 0.25) is 0 Å². The Morgan fingerprint density at radius 3 is 2.61 bits per heavy atom. The van der Waals surface area contributed by atoms with Gasteiger partial charge in [-0.25, -0.2) is 4.79 Å². The van der Waals surface area contributed by atoms with Gasteiger partial charge in [-0.2, -0.15) is 0 Å². The molecule has 23 heavy (non-hydrogen) atoms. The number of nitrogens with two attached hydrogens (primary N) is 1. The molecule has 0 bridgehead atoms. The van der Waals surface area contributed by atoms with Crippen LogP contribution in [0.5, 0.6) is 5.75 Å². The highest BCUT2D eigenvalue weighted by Crippen LogP contribution is 2.33. The van der Waals surface area contributed by atoms with E-state index in [2.05, 4.69) is 5.32 Å². The number of phenolic OH excluding ortho intramolecular Hbond substituents is 1. The van der Waals surface area contributed by atoms with E-state index < -0.39 is 11.6 Å². The van der Waals surface area contributed by atoms with E-state index in [9.17, 15) is 9.90 Å². The molecule has 2 aromatic rings. The van der Waals surface area contributed by atoms with E-state index in [1.807, 2.05) is 44.2 Å². The number of aromatic hydroxyl groups is 1. The van der Waals surface area contributed by atoms with Crippen molar-refractivity contribution in [3.8, 4) is 5.75 Å². The Labute approximate surface area is 136 Å². The molecule has 4 nitrogen and oxygen atoms in total. The van der Waals surface area contributed by atoms with Crippen molar-refractivity contribution in [3.05, 3.63) is 42.0 Å². The number of hydrogen-bond acceptors (Lipinski definition) is 3. The zero-order chi connectivity index (χ0) is 16.4. The molecule has 4 heteroatoms. The van der Waals surface area contributed by atoms with Gasteiger partial charge in [0.05, 0.1) is 13.1 Å². The number of benzene rings is 2. The number of quaternary nitrogens is 1. The van der Waals surface area contributed by atoms with Gasteiger partial charge in [0.15, 0.2) is 0 Å². The Morgan fingerprint density at radius 2 is 1.87 bits per heavy atom. The van der Waals surface area contributed by atoms with Crippen LogP contribution in [0, 0.1) is 5.92 Å². The molecule has 3 rings (SSSR count). The van der Waals surface area contributed by atoms with Crippen molar-refractivity contribution in [2.75, 3.05) is 13.1 Å². The molecule has 0 spiro atoms. The quantitative estimate of drug-likeness (QED) is 0.856. The Morgan fingerprint density at radius 1 is 1.17 bits per heavy atom. The van der Waals surface area contributed by atoms with Gasteiger partial charge in [0, 0.05) is 24.1 Å². The average molecular weight is 314 g/mol. The third-order valence-corrected chi connectivity index (χ3v) is 4.90. The SMILES string of the molecule is CC(C)(OC(=O)c1ccc2ccccc2c1O)C1CC[NH2+]CC1. The first kappa shape index (κ1) is 15.8. The fraction of sp³-hybridized carbons (Fsp3) is 0.421. The van der Waals surface area contributed by atoms with Gasteiger partial charge in [-0.05, 0) is 25.3 Å². The molecule has 0 aliphatic carbocycles. The lowest BCUT2D eigenvalue weighted by Crippen LogP contribution is -2.86. The largest absolute Gasteiger partial charge is 0.506 e. The molecular weight excluding hydrogens is 290 g/mol. The molecule has 1 saturated heterocycles. The second kappa shape index (κ2) is 6.20. The van der Waals surface area contributed by atoms with Crippen molar-refractivity contribution >= 4 is 16.7 Å². The molecule has 0 aromatic heterocycles. The molecule has 0 saturated carbocycles. The maximum atomic E-state index is 12.6. The van der Waals surface area contributed by atoms with Crippen LogP contribution >= 0.6 is 0 Å². The third kappa shape index (κ3) is 3.17. The van der Waals surface area contributed by atoms with E-state index in [4.69, 9.17) is 4.74 Å². The minimum Gasteiger partial charge on any atom is -0.506 e. The Hall–Kier alpha value is -2.07. The summed E-state index contributed by atoms with van der Waals surface area (Å²) in [5, 5.41) is 14.3. The molecule has 2 aromatic carbocycles. The minimum atomic E-state index is -0.524. The standard InChI is InChI=1S/C19H23NO3/c1-19(2,14-9-11-20-12-10-14)23-18(22)16-8-7-13-5-3-4-6-15(13)17(16)21/h3-8,14,20-21H,9-12H2,1-2H3/p+1. The van der Waals surface area contributed by atoms with E-state index >= 15 is 0 Å². The summed E-state index contributed by atoms with van der Waals surface area (Å²) in [5.74, 6) is -0.0901. The minimum absolute atomic E-state index is 0.000812. The van der Waals surface area contributed by atoms with Crippen molar-refractivity contribution in [2.45, 2.75) is 32.3 Å². The average Bonchev–Trinajstić information content (AvgIpc) is 2.56. The van der Waals surface area contributed by atoms with Gasteiger partial charge in [0.25, 0.3) is 0 Å². The Balaban J connectivity index is 1.84. The number of piperidine rings is 1. The van der Waals surface area contributed by atoms with E-state index in [0.717, 1.165) is 31.3 Å². The summed E-state index contributed by atoms with van der Waals surface area (Å²) in [6.45, 7) is 6.09. The fourth-order valence-electron chi connectivity index (χ4n) is 3.42. The molecule has 0 radical (unpaired) electrons. The van der Waals surface area contributed by atoms with Crippen molar-refractivity contribution in [2.24, 2.45) is 5.92 Å². The van der Waals surface area contributed by atoms with Crippen LogP contribution in [0.2, 0.25) is 0 Å².